The Morgan fingerprint density at radius 2 is 2.00 bits per heavy atom. The molecule has 1 rings (SSSR count). The van der Waals surface area contributed by atoms with E-state index < -0.39 is 0 Å². The van der Waals surface area contributed by atoms with Crippen LogP contribution in [0.5, 0.6) is 0 Å². The zero-order chi connectivity index (χ0) is 12.0. The fourth-order valence-electron chi connectivity index (χ4n) is 2.10. The molecule has 3 nitrogen and oxygen atoms in total. The Labute approximate surface area is 99.1 Å². The highest BCUT2D eigenvalue weighted by molar-refractivity contribution is 4.91. The summed E-state index contributed by atoms with van der Waals surface area (Å²) in [6, 6.07) is 0. The lowest BCUT2D eigenvalue weighted by Gasteiger charge is -2.25. The van der Waals surface area contributed by atoms with Crippen molar-refractivity contribution >= 4 is 0 Å². The zero-order valence-corrected chi connectivity index (χ0v) is 10.9. The quantitative estimate of drug-likeness (QED) is 0.682. The summed E-state index contributed by atoms with van der Waals surface area (Å²) < 4.78 is 11.1. The first kappa shape index (κ1) is 13.9. The van der Waals surface area contributed by atoms with Crippen LogP contribution in [0.25, 0.3) is 0 Å². The lowest BCUT2D eigenvalue weighted by atomic mass is 9.89. The molecule has 16 heavy (non-hydrogen) atoms. The second kappa shape index (κ2) is 6.58. The van der Waals surface area contributed by atoms with Gasteiger partial charge in [0.2, 0.25) is 0 Å². The number of unbranched alkanes of at least 4 members (excludes halogenated alkanes) is 1. The van der Waals surface area contributed by atoms with Gasteiger partial charge in [-0.25, -0.2) is 0 Å². The molecule has 0 bridgehead atoms. The third-order valence-corrected chi connectivity index (χ3v) is 3.43. The molecule has 0 aromatic carbocycles. The molecule has 96 valence electrons. The molecular formula is C13H26O3. The first-order valence-corrected chi connectivity index (χ1v) is 6.45. The molecule has 1 fully saturated rings. The van der Waals surface area contributed by atoms with Gasteiger partial charge in [-0.2, -0.15) is 0 Å². The van der Waals surface area contributed by atoms with Crippen LogP contribution in [0, 0.1) is 5.41 Å². The summed E-state index contributed by atoms with van der Waals surface area (Å²) in [4.78, 5) is 0. The topological polar surface area (TPSA) is 38.7 Å². The highest BCUT2D eigenvalue weighted by Crippen LogP contribution is 2.38. The molecule has 2 atom stereocenters. The van der Waals surface area contributed by atoms with E-state index in [4.69, 9.17) is 9.47 Å². The molecule has 0 saturated heterocycles. The lowest BCUT2D eigenvalue weighted by Crippen LogP contribution is -2.33. The van der Waals surface area contributed by atoms with Gasteiger partial charge < -0.3 is 14.6 Å². The minimum atomic E-state index is -0.330. The first-order valence-electron chi connectivity index (χ1n) is 6.45. The standard InChI is InChI=1S/C13H26O3/c1-4-5-8-15-9-10-16-11-6-7-13(2,3)12(11)14/h11-12,14H,4-10H2,1-3H3. The van der Waals surface area contributed by atoms with Crippen LogP contribution in [0.2, 0.25) is 0 Å². The third-order valence-electron chi connectivity index (χ3n) is 3.43. The number of hydrogen-bond acceptors (Lipinski definition) is 3. The molecule has 1 saturated carbocycles. The second-order valence-electron chi connectivity index (χ2n) is 5.35. The van der Waals surface area contributed by atoms with Gasteiger partial charge in [0.25, 0.3) is 0 Å². The fraction of sp³-hybridized carbons (Fsp3) is 1.00. The van der Waals surface area contributed by atoms with Crippen LogP contribution in [0.15, 0.2) is 0 Å². The van der Waals surface area contributed by atoms with Gasteiger partial charge in [-0.05, 0) is 24.7 Å². The Morgan fingerprint density at radius 3 is 2.56 bits per heavy atom. The number of aliphatic hydroxyl groups is 1. The van der Waals surface area contributed by atoms with Gasteiger partial charge in [-0.1, -0.05) is 27.2 Å². The number of rotatable bonds is 7. The van der Waals surface area contributed by atoms with Crippen molar-refractivity contribution in [2.75, 3.05) is 19.8 Å². The molecule has 0 aromatic rings. The Hall–Kier alpha value is -0.120. The Bertz CT molecular complexity index is 192. The highest BCUT2D eigenvalue weighted by Gasteiger charge is 2.41. The summed E-state index contributed by atoms with van der Waals surface area (Å²) >= 11 is 0. The summed E-state index contributed by atoms with van der Waals surface area (Å²) in [5.41, 5.74) is 0.00767. The van der Waals surface area contributed by atoms with Gasteiger partial charge in [0.05, 0.1) is 25.4 Å². The van der Waals surface area contributed by atoms with Crippen molar-refractivity contribution in [2.45, 2.75) is 58.7 Å². The summed E-state index contributed by atoms with van der Waals surface area (Å²) in [6.45, 7) is 8.40. The maximum Gasteiger partial charge on any atom is 0.0852 e. The van der Waals surface area contributed by atoms with Gasteiger partial charge in [0, 0.05) is 6.61 Å². The lowest BCUT2D eigenvalue weighted by molar-refractivity contribution is -0.0643. The minimum Gasteiger partial charge on any atom is -0.390 e. The third kappa shape index (κ3) is 4.04. The smallest absolute Gasteiger partial charge is 0.0852 e. The Kier molecular flexibility index (Phi) is 5.73. The number of hydrogen-bond donors (Lipinski definition) is 1. The Balaban J connectivity index is 2.06. The van der Waals surface area contributed by atoms with Crippen molar-refractivity contribution in [3.63, 3.8) is 0 Å². The predicted molar refractivity (Wildman–Crippen MR) is 64.5 cm³/mol. The van der Waals surface area contributed by atoms with Crippen LogP contribution in [-0.4, -0.2) is 37.1 Å². The molecule has 1 N–H and O–H groups in total. The monoisotopic (exact) mass is 230 g/mol. The van der Waals surface area contributed by atoms with E-state index in [1.165, 1.54) is 0 Å². The molecule has 0 aliphatic heterocycles. The summed E-state index contributed by atoms with van der Waals surface area (Å²) in [7, 11) is 0. The molecule has 0 radical (unpaired) electrons. The molecular weight excluding hydrogens is 204 g/mol. The number of ether oxygens (including phenoxy) is 2. The number of aliphatic hydroxyl groups excluding tert-OH is 1. The molecule has 0 amide bonds. The molecule has 0 spiro atoms. The maximum atomic E-state index is 9.99. The SMILES string of the molecule is CCCCOCCOC1CCC(C)(C)C1O. The van der Waals surface area contributed by atoms with Crippen molar-refractivity contribution in [3.05, 3.63) is 0 Å². The van der Waals surface area contributed by atoms with E-state index in [1.54, 1.807) is 0 Å². The van der Waals surface area contributed by atoms with Crippen molar-refractivity contribution in [3.8, 4) is 0 Å². The van der Waals surface area contributed by atoms with Crippen molar-refractivity contribution in [1.82, 2.24) is 0 Å². The maximum absolute atomic E-state index is 9.99. The van der Waals surface area contributed by atoms with E-state index in [0.717, 1.165) is 32.3 Å². The van der Waals surface area contributed by atoms with E-state index in [2.05, 4.69) is 20.8 Å². The van der Waals surface area contributed by atoms with Crippen LogP contribution in [0.3, 0.4) is 0 Å². The van der Waals surface area contributed by atoms with Gasteiger partial charge in [0.1, 0.15) is 0 Å². The van der Waals surface area contributed by atoms with Gasteiger partial charge in [-0.3, -0.25) is 0 Å². The molecule has 1 aliphatic rings. The largest absolute Gasteiger partial charge is 0.390 e. The zero-order valence-electron chi connectivity index (χ0n) is 10.9. The molecule has 0 aromatic heterocycles. The van der Waals surface area contributed by atoms with Crippen molar-refractivity contribution in [2.24, 2.45) is 5.41 Å². The average Bonchev–Trinajstić information content (AvgIpc) is 2.50. The summed E-state index contributed by atoms with van der Waals surface area (Å²) in [5.74, 6) is 0. The van der Waals surface area contributed by atoms with E-state index in [0.29, 0.717) is 13.2 Å². The summed E-state index contributed by atoms with van der Waals surface area (Å²) in [6.07, 6.45) is 3.95. The van der Waals surface area contributed by atoms with Gasteiger partial charge in [-0.15, -0.1) is 0 Å². The van der Waals surface area contributed by atoms with Gasteiger partial charge >= 0.3 is 0 Å². The highest BCUT2D eigenvalue weighted by atomic mass is 16.5. The first-order chi connectivity index (χ1) is 7.58. The summed E-state index contributed by atoms with van der Waals surface area (Å²) in [5, 5.41) is 9.99. The van der Waals surface area contributed by atoms with Crippen LogP contribution < -0.4 is 0 Å². The molecule has 2 unspecified atom stereocenters. The van der Waals surface area contributed by atoms with E-state index in [9.17, 15) is 5.11 Å². The van der Waals surface area contributed by atoms with Crippen LogP contribution in [0.1, 0.15) is 46.5 Å². The fourth-order valence-corrected chi connectivity index (χ4v) is 2.10. The van der Waals surface area contributed by atoms with Crippen molar-refractivity contribution < 1.29 is 14.6 Å². The molecule has 3 heteroatoms. The van der Waals surface area contributed by atoms with Crippen LogP contribution >= 0.6 is 0 Å². The normalized spacial score (nSPS) is 28.5. The van der Waals surface area contributed by atoms with Crippen LogP contribution in [0.4, 0.5) is 0 Å². The minimum absolute atomic E-state index is 0.00442. The van der Waals surface area contributed by atoms with E-state index in [1.807, 2.05) is 0 Å². The van der Waals surface area contributed by atoms with E-state index in [-0.39, 0.29) is 17.6 Å². The van der Waals surface area contributed by atoms with Crippen LogP contribution in [-0.2, 0) is 9.47 Å². The molecule has 0 heterocycles. The average molecular weight is 230 g/mol. The van der Waals surface area contributed by atoms with Gasteiger partial charge in [0.15, 0.2) is 0 Å². The van der Waals surface area contributed by atoms with Crippen molar-refractivity contribution in [1.29, 1.82) is 0 Å². The van der Waals surface area contributed by atoms with E-state index >= 15 is 0 Å². The predicted octanol–water partition coefficient (Wildman–Crippen LogP) is 2.37. The molecule has 1 aliphatic carbocycles. The Morgan fingerprint density at radius 1 is 1.25 bits per heavy atom. The second-order valence-corrected chi connectivity index (χ2v) is 5.35.